The van der Waals surface area contributed by atoms with Crippen LogP contribution in [0.25, 0.3) is 29.3 Å². The average Bonchev–Trinajstić information content (AvgIpc) is 3.87. The largest absolute Gasteiger partial charge is 0.380 e. The molecule has 0 bridgehead atoms. The molecule has 0 N–H and O–H groups in total. The van der Waals surface area contributed by atoms with Crippen molar-refractivity contribution in [1.29, 1.82) is 0 Å². The monoisotopic (exact) mass is 1080 g/mol. The number of rotatable bonds is 3. The van der Waals surface area contributed by atoms with E-state index in [2.05, 4.69) is 31.9 Å². The highest BCUT2D eigenvalue weighted by molar-refractivity contribution is 9.11. The maximum absolute atomic E-state index is 15.6. The van der Waals surface area contributed by atoms with E-state index < -0.39 is 198 Å². The standard InChI is InChI=1S/C28Br2F24S4/c29-15-7-5(21(39,40)27(51,52)23(7,43)44)13(57-15)11-3-1(17(31,32)25(47,48)19(3,35)36)9(55-11)10-2-4(20(37,38)26(49,50)18(2,33)34)12(56-10)14-6-8(16(30)58-14)24(45,46)28(53,54)22(6,41)42. The Kier molecular flexibility index (Phi) is 7.97. The lowest BCUT2D eigenvalue weighted by atomic mass is 10.0. The van der Waals surface area contributed by atoms with Crippen LogP contribution in [0.2, 0.25) is 0 Å². The minimum absolute atomic E-state index is 0.710. The first-order valence-electron chi connectivity index (χ1n) is 14.3. The molecular formula is C28Br2F24S4. The molecule has 4 aromatic heterocycles. The van der Waals surface area contributed by atoms with Crippen molar-refractivity contribution < 1.29 is 105 Å². The first-order chi connectivity index (χ1) is 25.7. The summed E-state index contributed by atoms with van der Waals surface area (Å²) in [5, 5.41) is 0. The first-order valence-corrected chi connectivity index (χ1v) is 19.1. The van der Waals surface area contributed by atoms with Gasteiger partial charge in [0.15, 0.2) is 0 Å². The summed E-state index contributed by atoms with van der Waals surface area (Å²) in [6.45, 7) is 0. The number of thiophene rings is 4. The molecule has 8 rings (SSSR count). The van der Waals surface area contributed by atoms with Crippen LogP contribution in [0.3, 0.4) is 0 Å². The summed E-state index contributed by atoms with van der Waals surface area (Å²) >= 11 is 0.571. The Hall–Kier alpha value is -1.92. The Morgan fingerprint density at radius 1 is 0.224 bits per heavy atom. The Balaban J connectivity index is 1.54. The molecule has 4 aliphatic carbocycles. The molecule has 0 amide bonds. The van der Waals surface area contributed by atoms with Crippen LogP contribution in [0, 0.1) is 0 Å². The van der Waals surface area contributed by atoms with Gasteiger partial charge in [-0.25, -0.2) is 0 Å². The molecule has 0 atom stereocenters. The van der Waals surface area contributed by atoms with Gasteiger partial charge in [0, 0.05) is 0 Å². The lowest BCUT2D eigenvalue weighted by molar-refractivity contribution is -0.302. The number of hydrogen-bond acceptors (Lipinski definition) is 4. The molecule has 318 valence electrons. The van der Waals surface area contributed by atoms with E-state index in [1.807, 2.05) is 0 Å². The van der Waals surface area contributed by atoms with Crippen LogP contribution in [0.5, 0.6) is 0 Å². The molecule has 0 saturated heterocycles. The molecule has 0 nitrogen and oxygen atoms in total. The van der Waals surface area contributed by atoms with Gasteiger partial charge in [-0.15, -0.1) is 45.3 Å². The third-order valence-electron chi connectivity index (χ3n) is 9.83. The van der Waals surface area contributed by atoms with Gasteiger partial charge in [-0.3, -0.25) is 0 Å². The van der Waals surface area contributed by atoms with Crippen molar-refractivity contribution in [2.45, 2.75) is 71.1 Å². The molecule has 0 spiro atoms. The van der Waals surface area contributed by atoms with E-state index in [0.29, 0.717) is 0 Å². The van der Waals surface area contributed by atoms with E-state index in [0.717, 1.165) is 0 Å². The van der Waals surface area contributed by atoms with Crippen LogP contribution in [-0.2, 0) is 47.4 Å². The van der Waals surface area contributed by atoms with Gasteiger partial charge in [0.25, 0.3) is 0 Å². The van der Waals surface area contributed by atoms with E-state index in [9.17, 15) is 35.1 Å². The molecule has 0 aromatic carbocycles. The zero-order valence-electron chi connectivity index (χ0n) is 25.5. The van der Waals surface area contributed by atoms with Crippen molar-refractivity contribution in [3.63, 3.8) is 0 Å². The molecule has 0 aliphatic heterocycles. The second-order valence-corrected chi connectivity index (χ2v) is 19.5. The molecule has 4 aliphatic rings. The number of hydrogen-bond donors (Lipinski definition) is 0. The molecule has 0 unspecified atom stereocenters. The predicted octanol–water partition coefficient (Wildman–Crippen LogP) is 15.8. The lowest BCUT2D eigenvalue weighted by Crippen LogP contribution is -2.44. The summed E-state index contributed by atoms with van der Waals surface area (Å²) in [6, 6.07) is 0. The van der Waals surface area contributed by atoms with Gasteiger partial charge in [-0.05, 0) is 31.9 Å². The highest BCUT2D eigenvalue weighted by atomic mass is 79.9. The number of alkyl halides is 24. The van der Waals surface area contributed by atoms with Crippen LogP contribution < -0.4 is 0 Å². The Morgan fingerprint density at radius 3 is 0.552 bits per heavy atom. The Bertz CT molecular complexity index is 2360. The van der Waals surface area contributed by atoms with Gasteiger partial charge in [0.1, 0.15) is 0 Å². The first kappa shape index (κ1) is 42.8. The zero-order chi connectivity index (χ0) is 44.1. The minimum atomic E-state index is -6.87. The molecule has 58 heavy (non-hydrogen) atoms. The maximum atomic E-state index is 15.6. The fraction of sp³-hybridized carbons (Fsp3) is 0.429. The fourth-order valence-corrected chi connectivity index (χ4v) is 14.2. The fourth-order valence-electron chi connectivity index (χ4n) is 7.03. The van der Waals surface area contributed by atoms with E-state index in [1.165, 1.54) is 0 Å². The van der Waals surface area contributed by atoms with Crippen LogP contribution in [-0.4, -0.2) is 23.7 Å². The highest BCUT2D eigenvalue weighted by Crippen LogP contribution is 2.77. The third kappa shape index (κ3) is 4.05. The van der Waals surface area contributed by atoms with Gasteiger partial charge in [0.05, 0.1) is 81.3 Å². The number of halogens is 26. The zero-order valence-corrected chi connectivity index (χ0v) is 31.9. The van der Waals surface area contributed by atoms with Crippen molar-refractivity contribution in [3.8, 4) is 29.3 Å². The van der Waals surface area contributed by atoms with E-state index in [4.69, 9.17) is 0 Å². The molecule has 0 saturated carbocycles. The average molecular weight is 1080 g/mol. The molecule has 0 fully saturated rings. The normalized spacial score (nSPS) is 26.7. The van der Waals surface area contributed by atoms with Crippen LogP contribution in [0.1, 0.15) is 44.5 Å². The third-order valence-corrected chi connectivity index (χ3v) is 16.4. The van der Waals surface area contributed by atoms with Gasteiger partial charge in [0.2, 0.25) is 0 Å². The molecule has 4 aromatic rings. The van der Waals surface area contributed by atoms with Gasteiger partial charge < -0.3 is 0 Å². The Labute approximate surface area is 333 Å². The summed E-state index contributed by atoms with van der Waals surface area (Å²) in [6.07, 6.45) is 0. The van der Waals surface area contributed by atoms with Crippen molar-refractivity contribution >= 4 is 77.2 Å². The highest BCUT2D eigenvalue weighted by Gasteiger charge is 2.86. The molecule has 30 heteroatoms. The van der Waals surface area contributed by atoms with Crippen molar-refractivity contribution in [2.75, 3.05) is 0 Å². The summed E-state index contributed by atoms with van der Waals surface area (Å²) in [5.41, 5.74) is -22.3. The molecule has 4 heterocycles. The van der Waals surface area contributed by atoms with Crippen molar-refractivity contribution in [3.05, 3.63) is 52.1 Å². The summed E-state index contributed by atoms with van der Waals surface area (Å²) in [4.78, 5) is -13.5. The predicted molar refractivity (Wildman–Crippen MR) is 161 cm³/mol. The lowest BCUT2D eigenvalue weighted by Gasteiger charge is -2.26. The van der Waals surface area contributed by atoms with Crippen LogP contribution in [0.15, 0.2) is 7.57 Å². The quantitative estimate of drug-likeness (QED) is 0.179. The SMILES string of the molecule is FC1(F)c2c(Br)sc(-c3sc(-c4sc(-c5sc(Br)c6c5C(F)(F)C(F)(F)C6(F)F)c5c4C(F)(F)C(F)(F)C5(F)F)c4c3C(F)(F)C(F)(F)C4(F)F)c2C(F)(F)C1(F)F. The topological polar surface area (TPSA) is 0 Å². The van der Waals surface area contributed by atoms with Crippen LogP contribution in [0.4, 0.5) is 105 Å². The van der Waals surface area contributed by atoms with Crippen molar-refractivity contribution in [1.82, 2.24) is 0 Å². The summed E-state index contributed by atoms with van der Waals surface area (Å²) < 4.78 is 359. The van der Waals surface area contributed by atoms with E-state index >= 15 is 70.2 Å². The van der Waals surface area contributed by atoms with Gasteiger partial charge in [-0.1, -0.05) is 0 Å². The minimum Gasteiger partial charge on any atom is -0.194 e. The number of fused-ring (bicyclic) bond motifs is 4. The van der Waals surface area contributed by atoms with Gasteiger partial charge in [-0.2, -0.15) is 105 Å². The van der Waals surface area contributed by atoms with Crippen LogP contribution >= 0.6 is 77.2 Å². The maximum Gasteiger partial charge on any atom is 0.380 e. The summed E-state index contributed by atoms with van der Waals surface area (Å²) in [5.74, 6) is -77.2. The molecular weight excluding hydrogens is 1080 g/mol. The smallest absolute Gasteiger partial charge is 0.194 e. The van der Waals surface area contributed by atoms with Gasteiger partial charge >= 0.3 is 71.1 Å². The van der Waals surface area contributed by atoms with E-state index in [-0.39, 0.29) is 0 Å². The summed E-state index contributed by atoms with van der Waals surface area (Å²) in [7, 11) is 0. The van der Waals surface area contributed by atoms with Crippen molar-refractivity contribution in [2.24, 2.45) is 0 Å². The van der Waals surface area contributed by atoms with E-state index in [1.54, 1.807) is 0 Å². The second-order valence-electron chi connectivity index (χ2n) is 12.8. The molecule has 0 radical (unpaired) electrons. The Morgan fingerprint density at radius 2 is 0.362 bits per heavy atom. The second kappa shape index (κ2) is 10.8.